The van der Waals surface area contributed by atoms with Crippen molar-refractivity contribution >= 4 is 22.4 Å². The lowest BCUT2D eigenvalue weighted by Gasteiger charge is -2.20. The zero-order chi connectivity index (χ0) is 18.1. The molecule has 0 radical (unpaired) electrons. The molecule has 2 heterocycles. The summed E-state index contributed by atoms with van der Waals surface area (Å²) < 4.78 is 15.0. The van der Waals surface area contributed by atoms with Crippen LogP contribution in [0.3, 0.4) is 0 Å². The highest BCUT2D eigenvalue weighted by Gasteiger charge is 2.30. The fourth-order valence-electron chi connectivity index (χ4n) is 3.38. The predicted octanol–water partition coefficient (Wildman–Crippen LogP) is 3.67. The number of nitrogens with zero attached hydrogens (tertiary/aromatic N) is 3. The normalized spacial score (nSPS) is 16.3. The average Bonchev–Trinajstić information content (AvgIpc) is 3.24. The third kappa shape index (κ3) is 3.39. The van der Waals surface area contributed by atoms with Crippen LogP contribution in [0.15, 0.2) is 36.8 Å². The topological polar surface area (TPSA) is 59.8 Å². The third-order valence-electron chi connectivity index (χ3n) is 4.72. The summed E-state index contributed by atoms with van der Waals surface area (Å²) >= 11 is 1.45. The molecule has 2 aromatic heterocycles. The number of aromatic nitrogens is 3. The van der Waals surface area contributed by atoms with Gasteiger partial charge in [0.1, 0.15) is 5.82 Å². The smallest absolute Gasteiger partial charge is 0.235 e. The number of hydrogen-bond donors (Lipinski definition) is 1. The molecule has 5 nitrogen and oxygen atoms in total. The van der Waals surface area contributed by atoms with Crippen LogP contribution in [0.4, 0.5) is 9.52 Å². The first-order chi connectivity index (χ1) is 12.6. The first-order valence-corrected chi connectivity index (χ1v) is 9.42. The lowest BCUT2D eigenvalue weighted by Crippen LogP contribution is -2.25. The first-order valence-electron chi connectivity index (χ1n) is 8.60. The van der Waals surface area contributed by atoms with Crippen molar-refractivity contribution in [2.24, 2.45) is 7.05 Å². The van der Waals surface area contributed by atoms with Crippen molar-refractivity contribution in [3.63, 3.8) is 0 Å². The van der Waals surface area contributed by atoms with E-state index in [4.69, 9.17) is 0 Å². The average molecular weight is 370 g/mol. The highest BCUT2D eigenvalue weighted by molar-refractivity contribution is 7.15. The zero-order valence-electron chi connectivity index (χ0n) is 14.4. The molecule has 1 aliphatic carbocycles. The number of anilines is 1. The second-order valence-electron chi connectivity index (χ2n) is 6.56. The minimum Gasteiger partial charge on any atom is -0.337 e. The number of carbonyl (C=O) groups is 1. The van der Waals surface area contributed by atoms with Gasteiger partial charge in [-0.15, -0.1) is 11.3 Å². The summed E-state index contributed by atoms with van der Waals surface area (Å²) in [4.78, 5) is 22.5. The van der Waals surface area contributed by atoms with E-state index >= 15 is 0 Å². The van der Waals surface area contributed by atoms with E-state index in [0.717, 1.165) is 41.1 Å². The number of hydrogen-bond acceptors (Lipinski definition) is 4. The Kier molecular flexibility index (Phi) is 4.55. The van der Waals surface area contributed by atoms with E-state index in [0.29, 0.717) is 11.6 Å². The number of benzene rings is 1. The maximum Gasteiger partial charge on any atom is 0.235 e. The standard InChI is InChI=1S/C19H19FN4OS/c1-24-11-22-17-15(3-2-4-16(17)24)18(25)23-19-21-10-14(26-19)9-12-5-7-13(20)8-6-12/h5-8,10-11,15H,2-4,9H2,1H3,(H,21,23,25). The number of carbonyl (C=O) groups excluding carboxylic acids is 1. The molecule has 3 aromatic rings. The zero-order valence-corrected chi connectivity index (χ0v) is 15.2. The van der Waals surface area contributed by atoms with E-state index < -0.39 is 0 Å². The van der Waals surface area contributed by atoms with Crippen LogP contribution in [0.25, 0.3) is 0 Å². The number of halogens is 1. The molecule has 0 saturated carbocycles. The fourth-order valence-corrected chi connectivity index (χ4v) is 4.23. The minimum absolute atomic E-state index is 0.0488. The van der Waals surface area contributed by atoms with E-state index in [1.54, 1.807) is 24.7 Å². The van der Waals surface area contributed by atoms with E-state index in [1.165, 1.54) is 23.5 Å². The number of aryl methyl sites for hydroxylation is 1. The van der Waals surface area contributed by atoms with Crippen LogP contribution < -0.4 is 5.32 Å². The van der Waals surface area contributed by atoms with E-state index in [1.807, 2.05) is 11.6 Å². The fraction of sp³-hybridized carbons (Fsp3) is 0.316. The summed E-state index contributed by atoms with van der Waals surface area (Å²) in [6.45, 7) is 0. The lowest BCUT2D eigenvalue weighted by atomic mass is 9.89. The van der Waals surface area contributed by atoms with E-state index in [-0.39, 0.29) is 17.6 Å². The molecule has 1 amide bonds. The Bertz CT molecular complexity index is 931. The molecule has 0 fully saturated rings. The molecule has 134 valence electrons. The molecule has 1 aliphatic rings. The highest BCUT2D eigenvalue weighted by atomic mass is 32.1. The predicted molar refractivity (Wildman–Crippen MR) is 98.8 cm³/mol. The Morgan fingerprint density at radius 1 is 1.35 bits per heavy atom. The van der Waals surface area contributed by atoms with Gasteiger partial charge in [0.05, 0.1) is 17.9 Å². The van der Waals surface area contributed by atoms with Gasteiger partial charge in [-0.1, -0.05) is 12.1 Å². The molecule has 1 unspecified atom stereocenters. The molecule has 0 bridgehead atoms. The van der Waals surface area contributed by atoms with Gasteiger partial charge in [0.25, 0.3) is 0 Å². The first kappa shape index (κ1) is 16.9. The van der Waals surface area contributed by atoms with Gasteiger partial charge in [-0.3, -0.25) is 4.79 Å². The summed E-state index contributed by atoms with van der Waals surface area (Å²) in [6.07, 6.45) is 6.97. The molecule has 1 N–H and O–H groups in total. The number of imidazole rings is 1. The molecule has 0 saturated heterocycles. The summed E-state index contributed by atoms with van der Waals surface area (Å²) in [7, 11) is 1.97. The number of thiazole rings is 1. The Balaban J connectivity index is 1.44. The minimum atomic E-state index is -0.243. The summed E-state index contributed by atoms with van der Waals surface area (Å²) in [5.41, 5.74) is 3.05. The van der Waals surface area contributed by atoms with Crippen molar-refractivity contribution < 1.29 is 9.18 Å². The van der Waals surface area contributed by atoms with E-state index in [9.17, 15) is 9.18 Å². The van der Waals surface area contributed by atoms with Gasteiger partial charge in [0, 0.05) is 30.2 Å². The monoisotopic (exact) mass is 370 g/mol. The van der Waals surface area contributed by atoms with Gasteiger partial charge >= 0.3 is 0 Å². The van der Waals surface area contributed by atoms with Crippen molar-refractivity contribution in [3.05, 3.63) is 64.4 Å². The number of amides is 1. The van der Waals surface area contributed by atoms with Crippen molar-refractivity contribution in [1.82, 2.24) is 14.5 Å². The van der Waals surface area contributed by atoms with Gasteiger partial charge in [-0.2, -0.15) is 0 Å². The maximum atomic E-state index is 13.0. The van der Waals surface area contributed by atoms with Crippen molar-refractivity contribution in [2.75, 3.05) is 5.32 Å². The maximum absolute atomic E-state index is 13.0. The SMILES string of the molecule is Cn1cnc2c1CCCC2C(=O)Nc1ncc(Cc2ccc(F)cc2)s1. The van der Waals surface area contributed by atoms with Gasteiger partial charge in [-0.05, 0) is 37.0 Å². The Labute approximate surface area is 154 Å². The number of rotatable bonds is 4. The molecule has 0 aliphatic heterocycles. The van der Waals surface area contributed by atoms with E-state index in [2.05, 4.69) is 15.3 Å². The highest BCUT2D eigenvalue weighted by Crippen LogP contribution is 2.32. The molecular formula is C19H19FN4OS. The van der Waals surface area contributed by atoms with Crippen LogP contribution in [0.5, 0.6) is 0 Å². The molecule has 0 spiro atoms. The molecule has 4 rings (SSSR count). The van der Waals surface area contributed by atoms with Crippen molar-refractivity contribution in [3.8, 4) is 0 Å². The van der Waals surface area contributed by atoms with Gasteiger partial charge in [-0.25, -0.2) is 14.4 Å². The van der Waals surface area contributed by atoms with Crippen molar-refractivity contribution in [2.45, 2.75) is 31.6 Å². The second kappa shape index (κ2) is 6.99. The molecule has 1 atom stereocenters. The Hall–Kier alpha value is -2.54. The Morgan fingerprint density at radius 3 is 2.96 bits per heavy atom. The van der Waals surface area contributed by atoms with Crippen LogP contribution >= 0.6 is 11.3 Å². The third-order valence-corrected chi connectivity index (χ3v) is 5.63. The summed E-state index contributed by atoms with van der Waals surface area (Å²) in [5.74, 6) is -0.510. The second-order valence-corrected chi connectivity index (χ2v) is 7.67. The van der Waals surface area contributed by atoms with Crippen molar-refractivity contribution in [1.29, 1.82) is 0 Å². The molecular weight excluding hydrogens is 351 g/mol. The van der Waals surface area contributed by atoms with Crippen LogP contribution in [-0.4, -0.2) is 20.4 Å². The number of nitrogens with one attached hydrogen (secondary N) is 1. The summed E-state index contributed by atoms with van der Waals surface area (Å²) in [6, 6.07) is 6.43. The largest absolute Gasteiger partial charge is 0.337 e. The lowest BCUT2D eigenvalue weighted by molar-refractivity contribution is -0.118. The van der Waals surface area contributed by atoms with Crippen LogP contribution in [-0.2, 0) is 24.7 Å². The molecule has 7 heteroatoms. The van der Waals surface area contributed by atoms with Gasteiger partial charge in [0.2, 0.25) is 5.91 Å². The Morgan fingerprint density at radius 2 is 2.15 bits per heavy atom. The quantitative estimate of drug-likeness (QED) is 0.762. The molecule has 26 heavy (non-hydrogen) atoms. The summed E-state index contributed by atoms with van der Waals surface area (Å²) in [5, 5.41) is 3.53. The van der Waals surface area contributed by atoms with Gasteiger partial charge < -0.3 is 9.88 Å². The van der Waals surface area contributed by atoms with Crippen LogP contribution in [0, 0.1) is 5.82 Å². The van der Waals surface area contributed by atoms with Gasteiger partial charge in [0.15, 0.2) is 5.13 Å². The number of fused-ring (bicyclic) bond motifs is 1. The van der Waals surface area contributed by atoms with Crippen LogP contribution in [0.2, 0.25) is 0 Å². The van der Waals surface area contributed by atoms with Crippen LogP contribution in [0.1, 0.15) is 40.6 Å². The molecule has 1 aromatic carbocycles.